The fourth-order valence-corrected chi connectivity index (χ4v) is 2.19. The van der Waals surface area contributed by atoms with Crippen molar-refractivity contribution < 1.29 is 4.92 Å². The number of aryl methyl sites for hydroxylation is 1. The molecule has 0 aromatic carbocycles. The average Bonchev–Trinajstić information content (AvgIpc) is 2.73. The molecule has 0 radical (unpaired) electrons. The van der Waals surface area contributed by atoms with Crippen molar-refractivity contribution in [3.05, 3.63) is 37.4 Å². The molecule has 0 aliphatic carbocycles. The van der Waals surface area contributed by atoms with Crippen LogP contribution < -0.4 is 0 Å². The summed E-state index contributed by atoms with van der Waals surface area (Å²) in [6.45, 7) is 2.28. The first-order valence-electron chi connectivity index (χ1n) is 4.34. The van der Waals surface area contributed by atoms with Crippen molar-refractivity contribution in [1.82, 2.24) is 14.8 Å². The van der Waals surface area contributed by atoms with Crippen LogP contribution in [0.1, 0.15) is 10.7 Å². The minimum Gasteiger partial charge on any atom is -0.358 e. The fourth-order valence-electron chi connectivity index (χ4n) is 1.21. The maximum Gasteiger partial charge on any atom is 0.408 e. The lowest BCUT2D eigenvalue weighted by molar-refractivity contribution is -0.389. The number of hydrogen-bond donors (Lipinski definition) is 0. The van der Waals surface area contributed by atoms with E-state index in [9.17, 15) is 10.1 Å². The summed E-state index contributed by atoms with van der Waals surface area (Å²) in [4.78, 5) is 14.2. The fraction of sp³-hybridized carbons (Fsp3) is 0.250. The predicted octanol–water partition coefficient (Wildman–Crippen LogP) is 2.26. The van der Waals surface area contributed by atoms with E-state index in [0.29, 0.717) is 6.54 Å². The predicted molar refractivity (Wildman–Crippen MR) is 59.8 cm³/mol. The van der Waals surface area contributed by atoms with Gasteiger partial charge >= 0.3 is 5.82 Å². The molecule has 2 aromatic heterocycles. The number of halogens is 1. The molecule has 2 aromatic rings. The van der Waals surface area contributed by atoms with Gasteiger partial charge in [-0.05, 0) is 11.8 Å². The van der Waals surface area contributed by atoms with Crippen molar-refractivity contribution >= 4 is 28.8 Å². The summed E-state index contributed by atoms with van der Waals surface area (Å²) in [6.07, 6.45) is 1.43. The normalized spacial score (nSPS) is 10.6. The summed E-state index contributed by atoms with van der Waals surface area (Å²) in [7, 11) is 0. The number of nitro groups is 1. The Morgan fingerprint density at radius 3 is 2.94 bits per heavy atom. The molecule has 16 heavy (non-hydrogen) atoms. The second kappa shape index (κ2) is 4.18. The molecule has 2 heterocycles. The molecule has 8 heteroatoms. The third-order valence-corrected chi connectivity index (χ3v) is 3.05. The third kappa shape index (κ3) is 2.20. The Kier molecular flexibility index (Phi) is 2.88. The highest BCUT2D eigenvalue weighted by Gasteiger charge is 2.19. The molecule has 0 fully saturated rings. The highest BCUT2D eigenvalue weighted by molar-refractivity contribution is 7.09. The smallest absolute Gasteiger partial charge is 0.358 e. The first-order chi connectivity index (χ1) is 7.56. The van der Waals surface area contributed by atoms with E-state index < -0.39 is 4.92 Å². The van der Waals surface area contributed by atoms with Crippen LogP contribution >= 0.6 is 22.9 Å². The van der Waals surface area contributed by atoms with Crippen LogP contribution in [0.3, 0.4) is 0 Å². The second-order valence-electron chi connectivity index (χ2n) is 3.14. The Balaban J connectivity index is 2.22. The minimum atomic E-state index is -0.605. The van der Waals surface area contributed by atoms with E-state index in [4.69, 9.17) is 11.6 Å². The van der Waals surface area contributed by atoms with Gasteiger partial charge in [-0.3, -0.25) is 0 Å². The number of rotatable bonds is 3. The topological polar surface area (TPSA) is 73.8 Å². The summed E-state index contributed by atoms with van der Waals surface area (Å²) >= 11 is 7.15. The number of hydrogen-bond acceptors (Lipinski definition) is 5. The quantitative estimate of drug-likeness (QED) is 0.625. The Hall–Kier alpha value is -1.47. The largest absolute Gasteiger partial charge is 0.408 e. The first-order valence-corrected chi connectivity index (χ1v) is 5.60. The molecule has 84 valence electrons. The maximum atomic E-state index is 10.5. The molecule has 0 N–H and O–H groups in total. The van der Waals surface area contributed by atoms with E-state index in [-0.39, 0.29) is 10.8 Å². The molecule has 6 nitrogen and oxygen atoms in total. The monoisotopic (exact) mass is 258 g/mol. The zero-order valence-electron chi connectivity index (χ0n) is 8.25. The average molecular weight is 259 g/mol. The standard InChI is InChI=1S/C8H7ClN4O2S/c1-5-4-16-7(10-5)3-12-2-6(9)8(11-12)13(14)15/h2,4H,3H2,1H3. The lowest BCUT2D eigenvalue weighted by Crippen LogP contribution is -2.00. The molecular weight excluding hydrogens is 252 g/mol. The molecule has 0 atom stereocenters. The lowest BCUT2D eigenvalue weighted by atomic mass is 10.6. The molecule has 0 saturated carbocycles. The highest BCUT2D eigenvalue weighted by Crippen LogP contribution is 2.22. The number of aromatic nitrogens is 3. The van der Waals surface area contributed by atoms with Crippen molar-refractivity contribution in [2.24, 2.45) is 0 Å². The van der Waals surface area contributed by atoms with Crippen LogP contribution in [0.2, 0.25) is 5.02 Å². The summed E-state index contributed by atoms with van der Waals surface area (Å²) in [5.74, 6) is -0.324. The zero-order valence-corrected chi connectivity index (χ0v) is 9.83. The van der Waals surface area contributed by atoms with Crippen LogP contribution in [0.5, 0.6) is 0 Å². The molecule has 0 amide bonds. The van der Waals surface area contributed by atoms with Crippen LogP contribution in [-0.4, -0.2) is 19.7 Å². The number of thiazole rings is 1. The summed E-state index contributed by atoms with van der Waals surface area (Å²) in [5, 5.41) is 17.1. The first kappa shape index (κ1) is 11.0. The SMILES string of the molecule is Cc1csc(Cn2cc(Cl)c([N+](=O)[O-])n2)n1. The van der Waals surface area contributed by atoms with Gasteiger partial charge < -0.3 is 10.1 Å². The molecule has 2 rings (SSSR count). The van der Waals surface area contributed by atoms with Gasteiger partial charge in [0, 0.05) is 11.1 Å². The summed E-state index contributed by atoms with van der Waals surface area (Å²) in [5.41, 5.74) is 0.924. The molecule has 0 aliphatic heterocycles. The van der Waals surface area contributed by atoms with Gasteiger partial charge in [-0.25, -0.2) is 4.98 Å². The lowest BCUT2D eigenvalue weighted by Gasteiger charge is -1.90. The molecule has 0 bridgehead atoms. The van der Waals surface area contributed by atoms with Gasteiger partial charge in [0.15, 0.2) is 5.02 Å². The molecule has 0 spiro atoms. The number of nitrogens with zero attached hydrogens (tertiary/aromatic N) is 4. The summed E-state index contributed by atoms with van der Waals surface area (Å²) < 4.78 is 1.42. The molecule has 0 saturated heterocycles. The van der Waals surface area contributed by atoms with Gasteiger partial charge in [0.1, 0.15) is 11.6 Å². The maximum absolute atomic E-state index is 10.5. The van der Waals surface area contributed by atoms with E-state index in [1.165, 1.54) is 22.2 Å². The Bertz CT molecular complexity index is 536. The molecule has 0 unspecified atom stereocenters. The van der Waals surface area contributed by atoms with Gasteiger partial charge in [0.25, 0.3) is 0 Å². The Labute approximate surface area is 99.6 Å². The van der Waals surface area contributed by atoms with Crippen LogP contribution in [0.15, 0.2) is 11.6 Å². The van der Waals surface area contributed by atoms with Crippen LogP contribution in [0.4, 0.5) is 5.82 Å². The van der Waals surface area contributed by atoms with E-state index in [1.54, 1.807) is 0 Å². The van der Waals surface area contributed by atoms with Gasteiger partial charge in [-0.1, -0.05) is 11.6 Å². The van der Waals surface area contributed by atoms with Crippen molar-refractivity contribution in [2.45, 2.75) is 13.5 Å². The van der Waals surface area contributed by atoms with E-state index in [1.807, 2.05) is 12.3 Å². The van der Waals surface area contributed by atoms with Gasteiger partial charge in [-0.2, -0.15) is 4.68 Å². The Morgan fingerprint density at radius 2 is 2.44 bits per heavy atom. The van der Waals surface area contributed by atoms with E-state index in [0.717, 1.165) is 10.7 Å². The van der Waals surface area contributed by atoms with Crippen LogP contribution in [-0.2, 0) is 6.54 Å². The van der Waals surface area contributed by atoms with E-state index >= 15 is 0 Å². The summed E-state index contributed by atoms with van der Waals surface area (Å²) in [6, 6.07) is 0. The highest BCUT2D eigenvalue weighted by atomic mass is 35.5. The van der Waals surface area contributed by atoms with Gasteiger partial charge in [-0.15, -0.1) is 11.3 Å². The minimum absolute atomic E-state index is 0.0401. The van der Waals surface area contributed by atoms with Crippen LogP contribution in [0, 0.1) is 17.0 Å². The molecular formula is C8H7ClN4O2S. The molecule has 0 aliphatic rings. The van der Waals surface area contributed by atoms with Gasteiger partial charge in [0.2, 0.25) is 0 Å². The van der Waals surface area contributed by atoms with Crippen molar-refractivity contribution in [1.29, 1.82) is 0 Å². The van der Waals surface area contributed by atoms with Crippen LogP contribution in [0.25, 0.3) is 0 Å². The van der Waals surface area contributed by atoms with Crippen molar-refractivity contribution in [2.75, 3.05) is 0 Å². The van der Waals surface area contributed by atoms with Crippen molar-refractivity contribution in [3.63, 3.8) is 0 Å². The zero-order chi connectivity index (χ0) is 11.7. The second-order valence-corrected chi connectivity index (χ2v) is 4.49. The van der Waals surface area contributed by atoms with E-state index in [2.05, 4.69) is 10.1 Å². The van der Waals surface area contributed by atoms with Gasteiger partial charge in [0.05, 0.1) is 11.3 Å². The van der Waals surface area contributed by atoms with Crippen molar-refractivity contribution in [3.8, 4) is 0 Å². The Morgan fingerprint density at radius 1 is 1.69 bits per heavy atom. The third-order valence-electron chi connectivity index (χ3n) is 1.84.